The van der Waals surface area contributed by atoms with Crippen molar-refractivity contribution in [3.8, 4) is 11.5 Å². The van der Waals surface area contributed by atoms with Gasteiger partial charge >= 0.3 is 5.97 Å². The van der Waals surface area contributed by atoms with Crippen molar-refractivity contribution >= 4 is 23.3 Å². The highest BCUT2D eigenvalue weighted by Crippen LogP contribution is 2.35. The van der Waals surface area contributed by atoms with E-state index < -0.39 is 28.6 Å². The summed E-state index contributed by atoms with van der Waals surface area (Å²) in [6, 6.07) is 7.70. The van der Waals surface area contributed by atoms with Crippen LogP contribution in [0.15, 0.2) is 30.3 Å². The van der Waals surface area contributed by atoms with E-state index >= 15 is 0 Å². The number of anilines is 1. The fourth-order valence-electron chi connectivity index (χ4n) is 2.65. The topological polar surface area (TPSA) is 117 Å². The molecule has 0 spiro atoms. The van der Waals surface area contributed by atoms with Crippen molar-refractivity contribution in [3.05, 3.63) is 57.1 Å². The summed E-state index contributed by atoms with van der Waals surface area (Å²) in [4.78, 5) is 35.5. The van der Waals surface area contributed by atoms with Crippen molar-refractivity contribution in [1.82, 2.24) is 0 Å². The van der Waals surface area contributed by atoms with Gasteiger partial charge in [0.05, 0.1) is 25.2 Å². The van der Waals surface area contributed by atoms with E-state index in [1.165, 1.54) is 21.1 Å². The van der Waals surface area contributed by atoms with Gasteiger partial charge in [0.25, 0.3) is 11.6 Å². The summed E-state index contributed by atoms with van der Waals surface area (Å²) in [6.07, 6.45) is -1.18. The highest BCUT2D eigenvalue weighted by atomic mass is 16.6. The molecule has 0 radical (unpaired) electrons. The van der Waals surface area contributed by atoms with Crippen LogP contribution in [-0.2, 0) is 9.53 Å². The Bertz CT molecular complexity index is 956. The lowest BCUT2D eigenvalue weighted by Crippen LogP contribution is -2.30. The summed E-state index contributed by atoms with van der Waals surface area (Å²) in [6.45, 7) is 5.15. The van der Waals surface area contributed by atoms with Gasteiger partial charge in [-0.05, 0) is 32.4 Å². The number of nitro benzene ring substituents is 1. The van der Waals surface area contributed by atoms with Gasteiger partial charge in [0.1, 0.15) is 5.56 Å². The number of rotatable bonds is 7. The van der Waals surface area contributed by atoms with Gasteiger partial charge in [-0.15, -0.1) is 0 Å². The predicted octanol–water partition coefficient (Wildman–Crippen LogP) is 3.41. The van der Waals surface area contributed by atoms with Crippen molar-refractivity contribution in [2.75, 3.05) is 19.5 Å². The number of hydrogen-bond donors (Lipinski definition) is 1. The van der Waals surface area contributed by atoms with E-state index in [9.17, 15) is 19.7 Å². The summed E-state index contributed by atoms with van der Waals surface area (Å²) in [5.41, 5.74) is 1.61. The van der Waals surface area contributed by atoms with E-state index in [4.69, 9.17) is 14.2 Å². The summed E-state index contributed by atoms with van der Waals surface area (Å²) in [5, 5.41) is 14.0. The van der Waals surface area contributed by atoms with E-state index in [1.807, 2.05) is 26.0 Å². The van der Waals surface area contributed by atoms with Crippen molar-refractivity contribution < 1.29 is 28.7 Å². The van der Waals surface area contributed by atoms with Crippen LogP contribution < -0.4 is 14.8 Å². The Hall–Kier alpha value is -3.62. The van der Waals surface area contributed by atoms with E-state index in [-0.39, 0.29) is 17.1 Å². The van der Waals surface area contributed by atoms with Gasteiger partial charge in [0.2, 0.25) is 0 Å². The smallest absolute Gasteiger partial charge is 0.346 e. The van der Waals surface area contributed by atoms with Crippen LogP contribution >= 0.6 is 0 Å². The fourth-order valence-corrected chi connectivity index (χ4v) is 2.65. The van der Waals surface area contributed by atoms with Gasteiger partial charge in [0, 0.05) is 11.8 Å². The molecule has 2 aromatic rings. The second-order valence-corrected chi connectivity index (χ2v) is 6.34. The second kappa shape index (κ2) is 9.05. The van der Waals surface area contributed by atoms with Crippen LogP contribution in [0, 0.1) is 24.0 Å². The summed E-state index contributed by atoms with van der Waals surface area (Å²) in [5.74, 6) is -1.37. The van der Waals surface area contributed by atoms with Crippen LogP contribution in [0.2, 0.25) is 0 Å². The molecule has 0 fully saturated rings. The van der Waals surface area contributed by atoms with E-state index in [0.717, 1.165) is 23.3 Å². The molecule has 0 heterocycles. The number of methoxy groups -OCH3 is 2. The van der Waals surface area contributed by atoms with Gasteiger partial charge in [-0.3, -0.25) is 14.9 Å². The first-order valence-electron chi connectivity index (χ1n) is 8.67. The van der Waals surface area contributed by atoms with Crippen LogP contribution in [0.5, 0.6) is 11.5 Å². The fraction of sp³-hybridized carbons (Fsp3) is 0.300. The number of esters is 1. The Morgan fingerprint density at radius 3 is 2.24 bits per heavy atom. The largest absolute Gasteiger partial charge is 0.493 e. The maximum Gasteiger partial charge on any atom is 0.346 e. The Morgan fingerprint density at radius 2 is 1.69 bits per heavy atom. The highest BCUT2D eigenvalue weighted by molar-refractivity contribution is 5.99. The molecule has 1 N–H and O–H groups in total. The van der Waals surface area contributed by atoms with Crippen molar-refractivity contribution in [2.45, 2.75) is 26.9 Å². The van der Waals surface area contributed by atoms with Crippen LogP contribution in [0.3, 0.4) is 0 Å². The van der Waals surface area contributed by atoms with Gasteiger partial charge < -0.3 is 19.5 Å². The van der Waals surface area contributed by atoms with Crippen molar-refractivity contribution in [3.63, 3.8) is 0 Å². The quantitative estimate of drug-likeness (QED) is 0.428. The highest BCUT2D eigenvalue weighted by Gasteiger charge is 2.28. The second-order valence-electron chi connectivity index (χ2n) is 6.34. The minimum absolute atomic E-state index is 0.0939. The summed E-state index contributed by atoms with van der Waals surface area (Å²) >= 11 is 0. The summed E-state index contributed by atoms with van der Waals surface area (Å²) < 4.78 is 15.2. The molecule has 0 aliphatic carbocycles. The maximum atomic E-state index is 12.5. The number of carbonyl (C=O) groups excluding carboxylic acids is 2. The molecule has 0 aromatic heterocycles. The zero-order chi connectivity index (χ0) is 21.7. The number of benzene rings is 2. The van der Waals surface area contributed by atoms with E-state index in [1.54, 1.807) is 6.07 Å². The lowest BCUT2D eigenvalue weighted by Gasteiger charge is -2.16. The first-order chi connectivity index (χ1) is 13.7. The average molecular weight is 402 g/mol. The van der Waals surface area contributed by atoms with E-state index in [2.05, 4.69) is 5.32 Å². The molecule has 1 atom stereocenters. The number of nitro groups is 1. The molecule has 2 rings (SSSR count). The lowest BCUT2D eigenvalue weighted by molar-refractivity contribution is -0.385. The Labute approximate surface area is 167 Å². The van der Waals surface area contributed by atoms with Crippen LogP contribution in [-0.4, -0.2) is 37.1 Å². The monoisotopic (exact) mass is 402 g/mol. The average Bonchev–Trinajstić information content (AvgIpc) is 2.68. The Balaban J connectivity index is 2.22. The number of carbonyl (C=O) groups is 2. The van der Waals surface area contributed by atoms with Gasteiger partial charge in [-0.1, -0.05) is 17.7 Å². The molecule has 0 saturated heterocycles. The van der Waals surface area contributed by atoms with Crippen LogP contribution in [0.25, 0.3) is 0 Å². The number of amides is 1. The Morgan fingerprint density at radius 1 is 1.07 bits per heavy atom. The zero-order valence-corrected chi connectivity index (χ0v) is 16.8. The standard InChI is InChI=1S/C20H22N2O7/c1-11-6-7-15(12(2)8-11)21-19(23)13(3)29-20(24)14-9-17(27-4)18(28-5)10-16(14)22(25)26/h6-10,13H,1-5H3,(H,21,23)/t13-/m0/s1. The first kappa shape index (κ1) is 21.7. The minimum atomic E-state index is -1.18. The van der Waals surface area contributed by atoms with Crippen molar-refractivity contribution in [1.29, 1.82) is 0 Å². The molecule has 2 aromatic carbocycles. The molecule has 0 unspecified atom stereocenters. The predicted molar refractivity (Wildman–Crippen MR) is 106 cm³/mol. The molecule has 9 nitrogen and oxygen atoms in total. The lowest BCUT2D eigenvalue weighted by atomic mass is 10.1. The SMILES string of the molecule is COc1cc(C(=O)O[C@@H](C)C(=O)Nc2ccc(C)cc2C)c([N+](=O)[O-])cc1OC. The van der Waals surface area contributed by atoms with Crippen LogP contribution in [0.4, 0.5) is 11.4 Å². The molecule has 0 aliphatic rings. The molecule has 29 heavy (non-hydrogen) atoms. The van der Waals surface area contributed by atoms with Gasteiger partial charge in [0.15, 0.2) is 17.6 Å². The molecule has 0 saturated carbocycles. The molecular formula is C20H22N2O7. The molecular weight excluding hydrogens is 380 g/mol. The third-order valence-corrected chi connectivity index (χ3v) is 4.21. The zero-order valence-electron chi connectivity index (χ0n) is 16.8. The molecule has 0 bridgehead atoms. The summed E-state index contributed by atoms with van der Waals surface area (Å²) in [7, 11) is 2.65. The third-order valence-electron chi connectivity index (χ3n) is 4.21. The van der Waals surface area contributed by atoms with Gasteiger partial charge in [-0.2, -0.15) is 0 Å². The van der Waals surface area contributed by atoms with Crippen LogP contribution in [0.1, 0.15) is 28.4 Å². The Kier molecular flexibility index (Phi) is 6.76. The first-order valence-corrected chi connectivity index (χ1v) is 8.67. The third kappa shape index (κ3) is 5.01. The number of ether oxygens (including phenoxy) is 3. The number of aryl methyl sites for hydroxylation is 2. The number of nitrogens with zero attached hydrogens (tertiary/aromatic N) is 1. The van der Waals surface area contributed by atoms with E-state index in [0.29, 0.717) is 5.69 Å². The normalized spacial score (nSPS) is 11.3. The number of nitrogens with one attached hydrogen (secondary N) is 1. The minimum Gasteiger partial charge on any atom is -0.493 e. The molecule has 9 heteroatoms. The molecule has 0 aliphatic heterocycles. The maximum absolute atomic E-state index is 12.5. The van der Waals surface area contributed by atoms with Gasteiger partial charge in [-0.25, -0.2) is 4.79 Å². The molecule has 1 amide bonds. The van der Waals surface area contributed by atoms with Crippen molar-refractivity contribution in [2.24, 2.45) is 0 Å². The number of hydrogen-bond acceptors (Lipinski definition) is 7. The molecule has 154 valence electrons.